The van der Waals surface area contributed by atoms with Crippen molar-refractivity contribution in [3.05, 3.63) is 34.4 Å². The Hall–Kier alpha value is -1.98. The van der Waals surface area contributed by atoms with Crippen molar-refractivity contribution in [1.29, 1.82) is 0 Å². The third kappa shape index (κ3) is 0.795. The normalized spacial score (nSPS) is 34.1. The van der Waals surface area contributed by atoms with Crippen molar-refractivity contribution in [2.45, 2.75) is 5.54 Å². The van der Waals surface area contributed by atoms with Gasteiger partial charge in [-0.2, -0.15) is 0 Å². The number of nitrogens with zero attached hydrogens (tertiary/aromatic N) is 1. The van der Waals surface area contributed by atoms with Gasteiger partial charge < -0.3 is 0 Å². The van der Waals surface area contributed by atoms with Crippen molar-refractivity contribution < 1.29 is 14.5 Å². The maximum Gasteiger partial charge on any atom is 0.332 e. The number of nitrogens with one attached hydrogen (secondary N) is 1. The second-order valence-corrected chi connectivity index (χ2v) is 3.12. The maximum absolute atomic E-state index is 11.3. The number of fused-ring (bicyclic) bond motifs is 1. The summed E-state index contributed by atoms with van der Waals surface area (Å²) in [6.45, 7) is 0. The predicted octanol–water partition coefficient (Wildman–Crippen LogP) is -0.600. The molecule has 72 valence electrons. The van der Waals surface area contributed by atoms with Crippen LogP contribution >= 0.6 is 0 Å². The lowest BCUT2D eigenvalue weighted by Crippen LogP contribution is -2.48. The minimum absolute atomic E-state index is 0.618. The largest absolute Gasteiger partial charge is 0.332 e. The molecule has 0 saturated carbocycles. The van der Waals surface area contributed by atoms with Crippen molar-refractivity contribution in [2.75, 3.05) is 0 Å². The van der Waals surface area contributed by atoms with Crippen LogP contribution in [0, 0.1) is 16.0 Å². The van der Waals surface area contributed by atoms with Gasteiger partial charge in [-0.15, -0.1) is 0 Å². The first-order chi connectivity index (χ1) is 6.59. The highest BCUT2D eigenvalue weighted by Gasteiger charge is 2.63. The molecule has 0 aromatic carbocycles. The van der Waals surface area contributed by atoms with E-state index in [2.05, 4.69) is 0 Å². The molecule has 1 N–H and O–H groups in total. The van der Waals surface area contributed by atoms with Crippen molar-refractivity contribution in [2.24, 2.45) is 5.92 Å². The SMILES string of the molecule is O=C1NC(=O)C2([N+](=O)[O-])C=CC=CC12. The van der Waals surface area contributed by atoms with E-state index in [-0.39, 0.29) is 0 Å². The van der Waals surface area contributed by atoms with Crippen LogP contribution in [0.3, 0.4) is 0 Å². The number of imide groups is 1. The zero-order valence-electron chi connectivity index (χ0n) is 6.97. The maximum atomic E-state index is 11.3. The molecule has 2 unspecified atom stereocenters. The Morgan fingerprint density at radius 3 is 2.71 bits per heavy atom. The first kappa shape index (κ1) is 8.61. The molecule has 1 aliphatic heterocycles. The molecule has 2 rings (SSSR count). The van der Waals surface area contributed by atoms with Crippen LogP contribution in [0.5, 0.6) is 0 Å². The van der Waals surface area contributed by atoms with Gasteiger partial charge in [0.15, 0.2) is 0 Å². The van der Waals surface area contributed by atoms with Gasteiger partial charge in [0.2, 0.25) is 5.91 Å². The van der Waals surface area contributed by atoms with E-state index in [9.17, 15) is 19.7 Å². The summed E-state index contributed by atoms with van der Waals surface area (Å²) in [5.41, 5.74) is -1.92. The summed E-state index contributed by atoms with van der Waals surface area (Å²) in [5, 5.41) is 12.8. The average Bonchev–Trinajstić information content (AvgIpc) is 2.41. The van der Waals surface area contributed by atoms with Crippen molar-refractivity contribution in [1.82, 2.24) is 5.32 Å². The molecule has 2 atom stereocenters. The molecule has 1 heterocycles. The van der Waals surface area contributed by atoms with Gasteiger partial charge in [0.25, 0.3) is 0 Å². The number of amides is 2. The number of carbonyl (C=O) groups excluding carboxylic acids is 2. The van der Waals surface area contributed by atoms with E-state index >= 15 is 0 Å². The van der Waals surface area contributed by atoms with E-state index in [1.807, 2.05) is 5.32 Å². The molecular weight excluding hydrogens is 188 g/mol. The van der Waals surface area contributed by atoms with Crippen LogP contribution in [0.1, 0.15) is 0 Å². The Morgan fingerprint density at radius 1 is 1.43 bits per heavy atom. The Labute approximate surface area is 78.4 Å². The summed E-state index contributed by atoms with van der Waals surface area (Å²) in [4.78, 5) is 32.6. The van der Waals surface area contributed by atoms with Crippen LogP contribution in [-0.4, -0.2) is 22.3 Å². The van der Waals surface area contributed by atoms with Crippen LogP contribution in [-0.2, 0) is 9.59 Å². The average molecular weight is 194 g/mol. The van der Waals surface area contributed by atoms with Gasteiger partial charge in [-0.3, -0.25) is 25.0 Å². The van der Waals surface area contributed by atoms with Gasteiger partial charge in [0, 0.05) is 11.0 Å². The molecule has 0 bridgehead atoms. The summed E-state index contributed by atoms with van der Waals surface area (Å²) >= 11 is 0. The molecule has 0 radical (unpaired) electrons. The van der Waals surface area contributed by atoms with Crippen LogP contribution < -0.4 is 5.32 Å². The Morgan fingerprint density at radius 2 is 2.14 bits per heavy atom. The monoisotopic (exact) mass is 194 g/mol. The topological polar surface area (TPSA) is 89.3 Å². The van der Waals surface area contributed by atoms with Crippen LogP contribution in [0.2, 0.25) is 0 Å². The summed E-state index contributed by atoms with van der Waals surface area (Å²) in [7, 11) is 0. The van der Waals surface area contributed by atoms with Crippen molar-refractivity contribution >= 4 is 11.8 Å². The highest BCUT2D eigenvalue weighted by molar-refractivity contribution is 6.11. The first-order valence-corrected chi connectivity index (χ1v) is 3.95. The Bertz CT molecular complexity index is 398. The number of rotatable bonds is 1. The quantitative estimate of drug-likeness (QED) is 0.343. The molecule has 0 aromatic heterocycles. The summed E-state index contributed by atoms with van der Waals surface area (Å²) in [6.07, 6.45) is 5.43. The van der Waals surface area contributed by atoms with Gasteiger partial charge in [0.05, 0.1) is 0 Å². The van der Waals surface area contributed by atoms with E-state index in [1.54, 1.807) is 0 Å². The van der Waals surface area contributed by atoms with Gasteiger partial charge in [-0.1, -0.05) is 18.2 Å². The fourth-order valence-electron chi connectivity index (χ4n) is 1.68. The van der Waals surface area contributed by atoms with Crippen molar-refractivity contribution in [3.8, 4) is 0 Å². The van der Waals surface area contributed by atoms with Crippen LogP contribution in [0.4, 0.5) is 0 Å². The van der Waals surface area contributed by atoms with E-state index in [4.69, 9.17) is 0 Å². The van der Waals surface area contributed by atoms with Gasteiger partial charge >= 0.3 is 11.4 Å². The zero-order chi connectivity index (χ0) is 10.3. The van der Waals surface area contributed by atoms with Crippen LogP contribution in [0.15, 0.2) is 24.3 Å². The van der Waals surface area contributed by atoms with E-state index in [1.165, 1.54) is 18.2 Å². The number of nitro groups is 1. The van der Waals surface area contributed by atoms with Crippen LogP contribution in [0.25, 0.3) is 0 Å². The number of hydrogen-bond acceptors (Lipinski definition) is 4. The number of hydrogen-bond donors (Lipinski definition) is 1. The molecular formula is C8H6N2O4. The Kier molecular flexibility index (Phi) is 1.54. The lowest BCUT2D eigenvalue weighted by Gasteiger charge is -2.18. The standard InChI is InChI=1S/C8H6N2O4/c11-6-5-3-1-2-4-8(5,10(13)14)7(12)9-6/h1-5H,(H,9,11,12). The highest BCUT2D eigenvalue weighted by Crippen LogP contribution is 2.32. The number of carbonyl (C=O) groups is 2. The minimum atomic E-state index is -1.92. The third-order valence-electron chi connectivity index (χ3n) is 2.42. The first-order valence-electron chi connectivity index (χ1n) is 3.95. The van der Waals surface area contributed by atoms with Gasteiger partial charge in [-0.05, 0) is 0 Å². The number of allylic oxidation sites excluding steroid dienone is 2. The molecule has 0 aromatic rings. The van der Waals surface area contributed by atoms with E-state index in [0.717, 1.165) is 6.08 Å². The summed E-state index contributed by atoms with van der Waals surface area (Å²) in [6, 6.07) is 0. The molecule has 1 saturated heterocycles. The summed E-state index contributed by atoms with van der Waals surface area (Å²) in [5.74, 6) is -2.50. The highest BCUT2D eigenvalue weighted by atomic mass is 16.6. The lowest BCUT2D eigenvalue weighted by molar-refractivity contribution is -0.541. The smallest absolute Gasteiger partial charge is 0.289 e. The fourth-order valence-corrected chi connectivity index (χ4v) is 1.68. The predicted molar refractivity (Wildman–Crippen MR) is 44.6 cm³/mol. The molecule has 2 aliphatic rings. The molecule has 1 fully saturated rings. The van der Waals surface area contributed by atoms with Crippen molar-refractivity contribution in [3.63, 3.8) is 0 Å². The molecule has 6 heteroatoms. The van der Waals surface area contributed by atoms with Gasteiger partial charge in [-0.25, -0.2) is 0 Å². The molecule has 6 nitrogen and oxygen atoms in total. The minimum Gasteiger partial charge on any atom is -0.289 e. The third-order valence-corrected chi connectivity index (χ3v) is 2.42. The summed E-state index contributed by atoms with van der Waals surface area (Å²) < 4.78 is 0. The lowest BCUT2D eigenvalue weighted by atomic mass is 9.83. The second-order valence-electron chi connectivity index (χ2n) is 3.12. The van der Waals surface area contributed by atoms with E-state index < -0.39 is 28.2 Å². The van der Waals surface area contributed by atoms with Gasteiger partial charge in [0.1, 0.15) is 5.92 Å². The van der Waals surface area contributed by atoms with E-state index in [0.29, 0.717) is 0 Å². The molecule has 2 amide bonds. The second kappa shape index (κ2) is 2.50. The molecule has 1 aliphatic carbocycles. The molecule has 14 heavy (non-hydrogen) atoms. The zero-order valence-corrected chi connectivity index (χ0v) is 6.97. The molecule has 0 spiro atoms. The fraction of sp³-hybridized carbons (Fsp3) is 0.250. The Balaban J connectivity index is 2.59.